The zero-order chi connectivity index (χ0) is 18.2. The number of carbonyl (C=O) groups excluding carboxylic acids is 1. The molecule has 0 spiro atoms. The van der Waals surface area contributed by atoms with Gasteiger partial charge in [-0.2, -0.15) is 0 Å². The lowest BCUT2D eigenvalue weighted by atomic mass is 9.88. The maximum absolute atomic E-state index is 12.1. The minimum absolute atomic E-state index is 0.305. The van der Waals surface area contributed by atoms with Gasteiger partial charge >= 0.3 is 6.03 Å². The molecule has 0 bridgehead atoms. The molecule has 1 fully saturated rings. The summed E-state index contributed by atoms with van der Waals surface area (Å²) >= 11 is 6.05. The van der Waals surface area contributed by atoms with Gasteiger partial charge in [0.15, 0.2) is 0 Å². The molecule has 1 saturated carbocycles. The molecule has 25 heavy (non-hydrogen) atoms. The number of rotatable bonds is 7. The lowest BCUT2D eigenvalue weighted by Gasteiger charge is -2.28. The first-order valence-electron chi connectivity index (χ1n) is 8.63. The van der Waals surface area contributed by atoms with Crippen LogP contribution in [0, 0.1) is 5.92 Å². The fraction of sp³-hybridized carbons (Fsp3) is 0.611. The van der Waals surface area contributed by atoms with Crippen molar-refractivity contribution in [3.63, 3.8) is 0 Å². The molecule has 1 aromatic carbocycles. The van der Waals surface area contributed by atoms with Gasteiger partial charge in [-0.1, -0.05) is 31.4 Å². The average Bonchev–Trinajstić information content (AvgIpc) is 2.61. The summed E-state index contributed by atoms with van der Waals surface area (Å²) in [5, 5.41) is 5.94. The van der Waals surface area contributed by atoms with Crippen molar-refractivity contribution in [2.75, 3.05) is 32.7 Å². The zero-order valence-corrected chi connectivity index (χ0v) is 15.8. The fourth-order valence-corrected chi connectivity index (χ4v) is 3.26. The van der Waals surface area contributed by atoms with Crippen LogP contribution in [0.5, 0.6) is 11.5 Å². The Hall–Kier alpha value is -1.66. The van der Waals surface area contributed by atoms with Crippen molar-refractivity contribution in [3.05, 3.63) is 17.2 Å². The van der Waals surface area contributed by atoms with Crippen molar-refractivity contribution in [2.24, 2.45) is 5.92 Å². The minimum Gasteiger partial charge on any atom is -0.495 e. The summed E-state index contributed by atoms with van der Waals surface area (Å²) in [4.78, 5) is 12.1. The second-order valence-electron chi connectivity index (χ2n) is 6.24. The van der Waals surface area contributed by atoms with E-state index in [1.54, 1.807) is 12.1 Å². The molecule has 0 unspecified atom stereocenters. The van der Waals surface area contributed by atoms with Crippen molar-refractivity contribution < 1.29 is 19.0 Å². The number of nitrogens with one attached hydrogen (secondary N) is 2. The Balaban J connectivity index is 1.80. The third-order valence-electron chi connectivity index (χ3n) is 4.47. The van der Waals surface area contributed by atoms with Gasteiger partial charge in [0.2, 0.25) is 0 Å². The summed E-state index contributed by atoms with van der Waals surface area (Å²) in [5.74, 6) is 1.52. The van der Waals surface area contributed by atoms with E-state index in [1.165, 1.54) is 33.5 Å². The number of hydrogen-bond acceptors (Lipinski definition) is 4. The number of hydrogen-bond donors (Lipinski definition) is 2. The van der Waals surface area contributed by atoms with Crippen molar-refractivity contribution in [1.82, 2.24) is 5.32 Å². The average molecular weight is 371 g/mol. The highest BCUT2D eigenvalue weighted by Gasteiger charge is 2.21. The standard InChI is InChI=1S/C18H27ClN2O4/c1-12-6-4-5-7-15(12)25-9-8-20-18(22)21-14-11-16(23-2)13(19)10-17(14)24-3/h10-12,15H,4-9H2,1-3H3,(H2,20,21,22)/t12-,15-/m1/s1. The van der Waals surface area contributed by atoms with E-state index in [4.69, 9.17) is 25.8 Å². The van der Waals surface area contributed by atoms with Crippen molar-refractivity contribution in [3.8, 4) is 11.5 Å². The molecule has 7 heteroatoms. The number of amides is 2. The van der Waals surface area contributed by atoms with Crippen molar-refractivity contribution in [1.29, 1.82) is 0 Å². The Bertz CT molecular complexity index is 582. The van der Waals surface area contributed by atoms with Crippen LogP contribution in [0.4, 0.5) is 10.5 Å². The third-order valence-corrected chi connectivity index (χ3v) is 4.77. The normalized spacial score (nSPS) is 20.0. The quantitative estimate of drug-likeness (QED) is 0.710. The molecule has 0 heterocycles. The summed E-state index contributed by atoms with van der Waals surface area (Å²) in [6, 6.07) is 2.90. The van der Waals surface area contributed by atoms with E-state index in [1.807, 2.05) is 0 Å². The third kappa shape index (κ3) is 5.68. The first-order valence-corrected chi connectivity index (χ1v) is 9.01. The van der Waals surface area contributed by atoms with E-state index < -0.39 is 0 Å². The summed E-state index contributed by atoms with van der Waals surface area (Å²) in [5.41, 5.74) is 0.489. The Morgan fingerprint density at radius 3 is 2.60 bits per heavy atom. The van der Waals surface area contributed by atoms with Gasteiger partial charge < -0.3 is 24.8 Å². The zero-order valence-electron chi connectivity index (χ0n) is 15.1. The van der Waals surface area contributed by atoms with Gasteiger partial charge in [0.1, 0.15) is 11.5 Å². The van der Waals surface area contributed by atoms with E-state index in [-0.39, 0.29) is 6.03 Å². The van der Waals surface area contributed by atoms with E-state index in [0.29, 0.717) is 47.4 Å². The number of halogens is 1. The Kier molecular flexibility index (Phi) is 7.65. The fourth-order valence-electron chi connectivity index (χ4n) is 3.03. The van der Waals surface area contributed by atoms with Crippen LogP contribution in [0.25, 0.3) is 0 Å². The topological polar surface area (TPSA) is 68.8 Å². The highest BCUT2D eigenvalue weighted by atomic mass is 35.5. The molecule has 140 valence electrons. The second kappa shape index (κ2) is 9.73. The lowest BCUT2D eigenvalue weighted by Crippen LogP contribution is -2.34. The van der Waals surface area contributed by atoms with Crippen LogP contribution in [0.2, 0.25) is 5.02 Å². The van der Waals surface area contributed by atoms with E-state index >= 15 is 0 Å². The lowest BCUT2D eigenvalue weighted by molar-refractivity contribution is -0.00232. The molecule has 2 amide bonds. The van der Waals surface area contributed by atoms with Gasteiger partial charge in [-0.3, -0.25) is 0 Å². The first-order chi connectivity index (χ1) is 12.0. The molecule has 0 aliphatic heterocycles. The SMILES string of the molecule is COc1cc(NC(=O)NCCO[C@@H]2CCCC[C@H]2C)c(OC)cc1Cl. The summed E-state index contributed by atoms with van der Waals surface area (Å²) in [6.45, 7) is 3.18. The number of anilines is 1. The maximum Gasteiger partial charge on any atom is 0.319 e. The maximum atomic E-state index is 12.1. The van der Waals surface area contributed by atoms with E-state index in [0.717, 1.165) is 6.42 Å². The molecule has 0 saturated heterocycles. The predicted octanol–water partition coefficient (Wildman–Crippen LogP) is 4.07. The molecule has 0 aromatic heterocycles. The van der Waals surface area contributed by atoms with Crippen molar-refractivity contribution in [2.45, 2.75) is 38.7 Å². The summed E-state index contributed by atoms with van der Waals surface area (Å²) < 4.78 is 16.3. The summed E-state index contributed by atoms with van der Waals surface area (Å²) in [7, 11) is 3.03. The Morgan fingerprint density at radius 2 is 1.92 bits per heavy atom. The predicted molar refractivity (Wildman–Crippen MR) is 98.9 cm³/mol. The largest absolute Gasteiger partial charge is 0.495 e. The molecule has 6 nitrogen and oxygen atoms in total. The molecule has 0 radical (unpaired) electrons. The van der Waals surface area contributed by atoms with Gasteiger partial charge in [0, 0.05) is 18.7 Å². The monoisotopic (exact) mass is 370 g/mol. The summed E-state index contributed by atoms with van der Waals surface area (Å²) in [6.07, 6.45) is 5.14. The van der Waals surface area contributed by atoms with Gasteiger partial charge in [-0.25, -0.2) is 4.79 Å². The first kappa shape index (κ1) is 19.7. The molecular formula is C18H27ClN2O4. The van der Waals surface area contributed by atoms with Gasteiger partial charge in [-0.15, -0.1) is 0 Å². The highest BCUT2D eigenvalue weighted by Crippen LogP contribution is 2.35. The number of benzene rings is 1. The smallest absolute Gasteiger partial charge is 0.319 e. The van der Waals surface area contributed by atoms with Crippen LogP contribution in [-0.4, -0.2) is 39.5 Å². The molecular weight excluding hydrogens is 344 g/mol. The Morgan fingerprint density at radius 1 is 1.20 bits per heavy atom. The van der Waals surface area contributed by atoms with Gasteiger partial charge in [-0.05, 0) is 18.8 Å². The molecule has 1 aliphatic carbocycles. The van der Waals surface area contributed by atoms with Crippen LogP contribution in [0.1, 0.15) is 32.6 Å². The molecule has 1 aliphatic rings. The van der Waals surface area contributed by atoms with E-state index in [9.17, 15) is 4.79 Å². The van der Waals surface area contributed by atoms with Gasteiger partial charge in [0.05, 0.1) is 37.6 Å². The number of ether oxygens (including phenoxy) is 3. The Labute approximate surface area is 154 Å². The van der Waals surface area contributed by atoms with Gasteiger partial charge in [0.25, 0.3) is 0 Å². The molecule has 2 rings (SSSR count). The molecule has 2 N–H and O–H groups in total. The van der Waals surface area contributed by atoms with Crippen LogP contribution in [0.3, 0.4) is 0 Å². The van der Waals surface area contributed by atoms with Crippen LogP contribution in [-0.2, 0) is 4.74 Å². The molecule has 2 atom stereocenters. The molecule has 1 aromatic rings. The number of urea groups is 1. The van der Waals surface area contributed by atoms with E-state index in [2.05, 4.69) is 17.6 Å². The van der Waals surface area contributed by atoms with Crippen LogP contribution in [0.15, 0.2) is 12.1 Å². The number of carbonyl (C=O) groups is 1. The second-order valence-corrected chi connectivity index (χ2v) is 6.65. The van der Waals surface area contributed by atoms with Crippen molar-refractivity contribution >= 4 is 23.3 Å². The van der Waals surface area contributed by atoms with Crippen LogP contribution < -0.4 is 20.1 Å². The number of methoxy groups -OCH3 is 2. The minimum atomic E-state index is -0.331. The highest BCUT2D eigenvalue weighted by molar-refractivity contribution is 6.32. The van der Waals surface area contributed by atoms with Crippen LogP contribution >= 0.6 is 11.6 Å².